The Morgan fingerprint density at radius 3 is 2.71 bits per heavy atom. The Morgan fingerprint density at radius 2 is 2.00 bits per heavy atom. The van der Waals surface area contributed by atoms with Crippen molar-refractivity contribution < 1.29 is 9.59 Å². The van der Waals surface area contributed by atoms with Gasteiger partial charge in [-0.05, 0) is 30.2 Å². The van der Waals surface area contributed by atoms with Crippen LogP contribution in [0.5, 0.6) is 0 Å². The first-order valence-corrected chi connectivity index (χ1v) is 8.29. The average Bonchev–Trinajstić information content (AvgIpc) is 2.92. The summed E-state index contributed by atoms with van der Waals surface area (Å²) in [6.07, 6.45) is 0.238. The number of likely N-dealkylation sites (tertiary alicyclic amines) is 1. The molecule has 0 saturated carbocycles. The molecule has 1 aliphatic heterocycles. The maximum Gasteiger partial charge on any atom is 0.229 e. The second-order valence-electron chi connectivity index (χ2n) is 6.13. The molecule has 124 valence electrons. The molecule has 0 radical (unpaired) electrons. The van der Waals surface area contributed by atoms with E-state index in [1.54, 1.807) is 17.0 Å². The summed E-state index contributed by atoms with van der Waals surface area (Å²) in [5.74, 6) is -0.503. The second kappa shape index (κ2) is 7.05. The number of anilines is 1. The Balaban J connectivity index is 1.63. The Kier molecular flexibility index (Phi) is 4.86. The van der Waals surface area contributed by atoms with Crippen LogP contribution in [0.4, 0.5) is 5.69 Å². The van der Waals surface area contributed by atoms with E-state index in [9.17, 15) is 9.59 Å². The zero-order chi connectivity index (χ0) is 17.1. The van der Waals surface area contributed by atoms with Crippen LogP contribution in [0, 0.1) is 12.8 Å². The number of hydrogen-bond donors (Lipinski definition) is 1. The predicted octanol–water partition coefficient (Wildman–Crippen LogP) is 3.64. The fourth-order valence-corrected chi connectivity index (χ4v) is 3.14. The van der Waals surface area contributed by atoms with E-state index >= 15 is 0 Å². The predicted molar refractivity (Wildman–Crippen MR) is 94.8 cm³/mol. The van der Waals surface area contributed by atoms with Crippen molar-refractivity contribution in [2.45, 2.75) is 19.9 Å². The van der Waals surface area contributed by atoms with E-state index in [1.165, 1.54) is 0 Å². The number of aryl methyl sites for hydroxylation is 1. The van der Waals surface area contributed by atoms with Crippen molar-refractivity contribution in [3.63, 3.8) is 0 Å². The summed E-state index contributed by atoms with van der Waals surface area (Å²) in [7, 11) is 0. The van der Waals surface area contributed by atoms with Crippen molar-refractivity contribution in [2.24, 2.45) is 5.92 Å². The number of halogens is 1. The molecular weight excluding hydrogens is 324 g/mol. The molecule has 4 nitrogen and oxygen atoms in total. The van der Waals surface area contributed by atoms with Crippen LogP contribution in [0.15, 0.2) is 48.5 Å². The number of hydrogen-bond acceptors (Lipinski definition) is 2. The van der Waals surface area contributed by atoms with Crippen LogP contribution >= 0.6 is 11.6 Å². The van der Waals surface area contributed by atoms with Gasteiger partial charge >= 0.3 is 0 Å². The quantitative estimate of drug-likeness (QED) is 0.922. The van der Waals surface area contributed by atoms with Gasteiger partial charge in [-0.1, -0.05) is 48.0 Å². The summed E-state index contributed by atoms with van der Waals surface area (Å²) in [5, 5.41) is 3.34. The maximum absolute atomic E-state index is 12.4. The number of benzene rings is 2. The fourth-order valence-electron chi connectivity index (χ4n) is 2.86. The summed E-state index contributed by atoms with van der Waals surface area (Å²) in [4.78, 5) is 26.4. The molecule has 0 unspecified atom stereocenters. The minimum absolute atomic E-state index is 0.00834. The van der Waals surface area contributed by atoms with Gasteiger partial charge < -0.3 is 10.2 Å². The molecule has 0 bridgehead atoms. The highest BCUT2D eigenvalue weighted by Gasteiger charge is 2.34. The molecule has 1 aliphatic rings. The fraction of sp³-hybridized carbons (Fsp3) is 0.263. The highest BCUT2D eigenvalue weighted by Crippen LogP contribution is 2.26. The zero-order valence-corrected chi connectivity index (χ0v) is 14.2. The van der Waals surface area contributed by atoms with E-state index in [0.717, 1.165) is 11.1 Å². The molecule has 2 aromatic carbocycles. The largest absolute Gasteiger partial charge is 0.338 e. The van der Waals surface area contributed by atoms with Crippen molar-refractivity contribution in [3.8, 4) is 0 Å². The Hall–Kier alpha value is -2.33. The molecule has 5 heteroatoms. The highest BCUT2D eigenvalue weighted by atomic mass is 35.5. The van der Waals surface area contributed by atoms with Crippen LogP contribution in [-0.2, 0) is 16.1 Å². The van der Waals surface area contributed by atoms with Gasteiger partial charge in [0.1, 0.15) is 0 Å². The third-order valence-electron chi connectivity index (χ3n) is 4.18. The highest BCUT2D eigenvalue weighted by molar-refractivity contribution is 6.33. The number of nitrogens with one attached hydrogen (secondary N) is 1. The maximum atomic E-state index is 12.4. The van der Waals surface area contributed by atoms with Gasteiger partial charge in [-0.25, -0.2) is 0 Å². The second-order valence-corrected chi connectivity index (χ2v) is 6.54. The van der Waals surface area contributed by atoms with Crippen molar-refractivity contribution >= 4 is 29.1 Å². The first kappa shape index (κ1) is 16.5. The summed E-state index contributed by atoms with van der Waals surface area (Å²) in [5.41, 5.74) is 2.68. The number of rotatable bonds is 4. The van der Waals surface area contributed by atoms with Crippen LogP contribution in [-0.4, -0.2) is 23.3 Å². The topological polar surface area (TPSA) is 49.4 Å². The van der Waals surface area contributed by atoms with Gasteiger partial charge in [0, 0.05) is 19.5 Å². The van der Waals surface area contributed by atoms with Crippen LogP contribution in [0.1, 0.15) is 17.5 Å². The smallest absolute Gasteiger partial charge is 0.229 e. The van der Waals surface area contributed by atoms with E-state index in [4.69, 9.17) is 11.6 Å². The van der Waals surface area contributed by atoms with Crippen molar-refractivity contribution in [3.05, 3.63) is 64.7 Å². The summed E-state index contributed by atoms with van der Waals surface area (Å²) in [6.45, 7) is 2.91. The van der Waals surface area contributed by atoms with Crippen LogP contribution < -0.4 is 5.32 Å². The Bertz CT molecular complexity index is 761. The third kappa shape index (κ3) is 3.77. The first-order chi connectivity index (χ1) is 11.5. The van der Waals surface area contributed by atoms with Gasteiger partial charge in [-0.3, -0.25) is 9.59 Å². The van der Waals surface area contributed by atoms with Crippen molar-refractivity contribution in [1.82, 2.24) is 4.90 Å². The zero-order valence-electron chi connectivity index (χ0n) is 13.5. The summed E-state index contributed by atoms with van der Waals surface area (Å²) >= 11 is 6.15. The first-order valence-electron chi connectivity index (χ1n) is 7.91. The molecule has 1 atom stereocenters. The lowest BCUT2D eigenvalue weighted by Gasteiger charge is -2.17. The van der Waals surface area contributed by atoms with Crippen molar-refractivity contribution in [2.75, 3.05) is 11.9 Å². The molecular formula is C19H19ClN2O2. The van der Waals surface area contributed by atoms with Gasteiger partial charge in [0.05, 0.1) is 16.6 Å². The molecule has 0 aromatic heterocycles. The summed E-state index contributed by atoms with van der Waals surface area (Å²) < 4.78 is 0. The molecule has 3 rings (SSSR count). The average molecular weight is 343 g/mol. The normalized spacial score (nSPS) is 17.2. The van der Waals surface area contributed by atoms with Gasteiger partial charge in [0.15, 0.2) is 0 Å². The van der Waals surface area contributed by atoms with Crippen LogP contribution in [0.25, 0.3) is 0 Å². The van der Waals surface area contributed by atoms with E-state index in [1.807, 2.05) is 43.3 Å². The SMILES string of the molecule is Cc1ccc(NC(=O)[C@@H]2CC(=O)N(Cc3ccccc3)C2)c(Cl)c1. The minimum Gasteiger partial charge on any atom is -0.338 e. The molecule has 1 saturated heterocycles. The van der Waals surface area contributed by atoms with Gasteiger partial charge in [-0.2, -0.15) is 0 Å². The van der Waals surface area contributed by atoms with E-state index in [2.05, 4.69) is 5.32 Å². The van der Waals surface area contributed by atoms with Gasteiger partial charge in [-0.15, -0.1) is 0 Å². The lowest BCUT2D eigenvalue weighted by molar-refractivity contribution is -0.128. The molecule has 0 spiro atoms. The molecule has 24 heavy (non-hydrogen) atoms. The standard InChI is InChI=1S/C19H19ClN2O2/c1-13-7-8-17(16(20)9-13)21-19(24)15-10-18(23)22(12-15)11-14-5-3-2-4-6-14/h2-9,15H,10-12H2,1H3,(H,21,24)/t15-/m1/s1. The Morgan fingerprint density at radius 1 is 1.25 bits per heavy atom. The van der Waals surface area contributed by atoms with Gasteiger partial charge in [0.25, 0.3) is 0 Å². The van der Waals surface area contributed by atoms with E-state index in [-0.39, 0.29) is 24.2 Å². The molecule has 1 fully saturated rings. The molecule has 1 N–H and O–H groups in total. The summed E-state index contributed by atoms with van der Waals surface area (Å²) in [6, 6.07) is 15.3. The van der Waals surface area contributed by atoms with Crippen LogP contribution in [0.2, 0.25) is 5.02 Å². The van der Waals surface area contributed by atoms with Gasteiger partial charge in [0.2, 0.25) is 11.8 Å². The molecule has 2 amide bonds. The minimum atomic E-state index is -0.349. The van der Waals surface area contributed by atoms with E-state index < -0.39 is 0 Å². The Labute approximate surface area is 146 Å². The van der Waals surface area contributed by atoms with E-state index in [0.29, 0.717) is 23.8 Å². The van der Waals surface area contributed by atoms with Crippen LogP contribution in [0.3, 0.4) is 0 Å². The number of nitrogens with zero attached hydrogens (tertiary/aromatic N) is 1. The monoisotopic (exact) mass is 342 g/mol. The molecule has 2 aromatic rings. The molecule has 1 heterocycles. The number of carbonyl (C=O) groups is 2. The number of amides is 2. The number of carbonyl (C=O) groups excluding carboxylic acids is 2. The lowest BCUT2D eigenvalue weighted by Crippen LogP contribution is -2.28. The lowest BCUT2D eigenvalue weighted by atomic mass is 10.1. The third-order valence-corrected chi connectivity index (χ3v) is 4.50. The van der Waals surface area contributed by atoms with Crippen molar-refractivity contribution in [1.29, 1.82) is 0 Å². The molecule has 0 aliphatic carbocycles.